The van der Waals surface area contributed by atoms with Gasteiger partial charge in [0.15, 0.2) is 0 Å². The minimum atomic E-state index is 0.00632. The number of aryl methyl sites for hydroxylation is 1. The van der Waals surface area contributed by atoms with E-state index in [4.69, 9.17) is 5.73 Å². The van der Waals surface area contributed by atoms with Crippen LogP contribution in [0.3, 0.4) is 0 Å². The summed E-state index contributed by atoms with van der Waals surface area (Å²) in [4.78, 5) is 11.3. The van der Waals surface area contributed by atoms with Gasteiger partial charge >= 0.3 is 0 Å². The van der Waals surface area contributed by atoms with Crippen molar-refractivity contribution in [3.05, 3.63) is 42.1 Å². The van der Waals surface area contributed by atoms with Gasteiger partial charge in [-0.2, -0.15) is 5.10 Å². The lowest BCUT2D eigenvalue weighted by Gasteiger charge is -2.04. The van der Waals surface area contributed by atoms with E-state index in [2.05, 4.69) is 15.7 Å². The monoisotopic (exact) mass is 287 g/mol. The van der Waals surface area contributed by atoms with Crippen molar-refractivity contribution in [3.8, 4) is 5.69 Å². The van der Waals surface area contributed by atoms with Crippen molar-refractivity contribution < 1.29 is 4.79 Å². The van der Waals surface area contributed by atoms with Crippen LogP contribution in [0.4, 0.5) is 5.82 Å². The van der Waals surface area contributed by atoms with Gasteiger partial charge in [0.05, 0.1) is 17.9 Å². The molecule has 0 saturated carbocycles. The fourth-order valence-electron chi connectivity index (χ4n) is 2.07. The zero-order valence-electron chi connectivity index (χ0n) is 12.2. The maximum Gasteiger partial charge on any atom is 0.233 e. The maximum absolute atomic E-state index is 11.3. The molecular weight excluding hydrogens is 266 g/mol. The van der Waals surface area contributed by atoms with E-state index in [0.717, 1.165) is 24.2 Å². The van der Waals surface area contributed by atoms with E-state index in [1.54, 1.807) is 11.7 Å². The molecular formula is C15H21N5O. The molecule has 1 heterocycles. The molecule has 6 nitrogen and oxygen atoms in total. The Morgan fingerprint density at radius 1 is 1.33 bits per heavy atom. The second-order valence-corrected chi connectivity index (χ2v) is 4.79. The fourth-order valence-corrected chi connectivity index (χ4v) is 2.07. The van der Waals surface area contributed by atoms with E-state index in [9.17, 15) is 4.79 Å². The van der Waals surface area contributed by atoms with Crippen LogP contribution in [0.1, 0.15) is 12.1 Å². The molecule has 4 N–H and O–H groups in total. The summed E-state index contributed by atoms with van der Waals surface area (Å²) in [7, 11) is 1.75. The number of hydrogen-bond donors (Lipinski definition) is 3. The molecule has 2 rings (SSSR count). The Balaban J connectivity index is 1.87. The van der Waals surface area contributed by atoms with Gasteiger partial charge in [-0.05, 0) is 32.0 Å². The van der Waals surface area contributed by atoms with Gasteiger partial charge in [0.2, 0.25) is 5.91 Å². The number of anilines is 1. The predicted molar refractivity (Wildman–Crippen MR) is 83.2 cm³/mol. The minimum absolute atomic E-state index is 0.00632. The van der Waals surface area contributed by atoms with Crippen LogP contribution in [-0.4, -0.2) is 35.8 Å². The Hall–Kier alpha value is -2.34. The normalized spacial score (nSPS) is 10.5. The van der Waals surface area contributed by atoms with Gasteiger partial charge in [-0.3, -0.25) is 4.79 Å². The SMILES string of the molecule is CNCC(=O)NCCCc1cc(N)n(-c2ccccc2)n1. The zero-order chi connectivity index (χ0) is 15.1. The highest BCUT2D eigenvalue weighted by molar-refractivity contribution is 5.77. The molecule has 0 bridgehead atoms. The maximum atomic E-state index is 11.3. The number of carbonyl (C=O) groups is 1. The number of para-hydroxylation sites is 1. The Kier molecular flexibility index (Phi) is 5.34. The Morgan fingerprint density at radius 3 is 2.81 bits per heavy atom. The molecule has 6 heteroatoms. The van der Waals surface area contributed by atoms with E-state index in [1.807, 2.05) is 36.4 Å². The summed E-state index contributed by atoms with van der Waals surface area (Å²) in [6.45, 7) is 0.980. The highest BCUT2D eigenvalue weighted by atomic mass is 16.1. The van der Waals surface area contributed by atoms with Crippen molar-refractivity contribution in [2.45, 2.75) is 12.8 Å². The number of aromatic nitrogens is 2. The van der Waals surface area contributed by atoms with Crippen LogP contribution in [0.15, 0.2) is 36.4 Å². The number of carbonyl (C=O) groups excluding carboxylic acids is 1. The molecule has 1 aromatic heterocycles. The lowest BCUT2D eigenvalue weighted by molar-refractivity contribution is -0.120. The number of rotatable bonds is 7. The van der Waals surface area contributed by atoms with Gasteiger partial charge < -0.3 is 16.4 Å². The molecule has 0 aliphatic rings. The second-order valence-electron chi connectivity index (χ2n) is 4.79. The van der Waals surface area contributed by atoms with E-state index >= 15 is 0 Å². The number of likely N-dealkylation sites (N-methyl/N-ethyl adjacent to an activating group) is 1. The average molecular weight is 287 g/mol. The number of nitrogens with two attached hydrogens (primary N) is 1. The van der Waals surface area contributed by atoms with Gasteiger partial charge in [-0.1, -0.05) is 18.2 Å². The molecule has 2 aromatic rings. The molecule has 1 amide bonds. The molecule has 21 heavy (non-hydrogen) atoms. The summed E-state index contributed by atoms with van der Waals surface area (Å²) in [6.07, 6.45) is 1.62. The first-order chi connectivity index (χ1) is 10.2. The van der Waals surface area contributed by atoms with Crippen LogP contribution in [0, 0.1) is 0 Å². The number of benzene rings is 1. The van der Waals surface area contributed by atoms with Crippen LogP contribution < -0.4 is 16.4 Å². The van der Waals surface area contributed by atoms with Crippen molar-refractivity contribution in [2.75, 3.05) is 25.9 Å². The Morgan fingerprint density at radius 2 is 2.10 bits per heavy atom. The lowest BCUT2D eigenvalue weighted by atomic mass is 10.2. The molecule has 0 radical (unpaired) electrons. The van der Waals surface area contributed by atoms with Gasteiger partial charge in [-0.15, -0.1) is 0 Å². The van der Waals surface area contributed by atoms with Crippen LogP contribution in [0.25, 0.3) is 5.69 Å². The molecule has 0 spiro atoms. The first kappa shape index (κ1) is 15.1. The van der Waals surface area contributed by atoms with Crippen LogP contribution in [-0.2, 0) is 11.2 Å². The second kappa shape index (κ2) is 7.44. The van der Waals surface area contributed by atoms with Gasteiger partial charge in [0.25, 0.3) is 0 Å². The summed E-state index contributed by atoms with van der Waals surface area (Å²) >= 11 is 0. The molecule has 0 fully saturated rings. The summed E-state index contributed by atoms with van der Waals surface area (Å²) in [5, 5.41) is 10.2. The van der Waals surface area contributed by atoms with Crippen molar-refractivity contribution in [3.63, 3.8) is 0 Å². The largest absolute Gasteiger partial charge is 0.384 e. The number of nitrogen functional groups attached to an aromatic ring is 1. The van der Waals surface area contributed by atoms with Gasteiger partial charge in [0.1, 0.15) is 5.82 Å². The zero-order valence-corrected chi connectivity index (χ0v) is 12.2. The molecule has 0 aliphatic heterocycles. The summed E-state index contributed by atoms with van der Waals surface area (Å²) < 4.78 is 1.73. The Labute approximate surface area is 124 Å². The van der Waals surface area contributed by atoms with E-state index in [1.165, 1.54) is 0 Å². The standard InChI is InChI=1S/C15H21N5O/c1-17-11-15(21)18-9-5-6-12-10-14(16)20(19-12)13-7-3-2-4-8-13/h2-4,7-8,10,17H,5-6,9,11,16H2,1H3,(H,18,21). The van der Waals surface area contributed by atoms with Gasteiger partial charge in [0, 0.05) is 12.6 Å². The number of amides is 1. The van der Waals surface area contributed by atoms with Crippen LogP contribution in [0.2, 0.25) is 0 Å². The van der Waals surface area contributed by atoms with Crippen LogP contribution in [0.5, 0.6) is 0 Å². The van der Waals surface area contributed by atoms with Crippen molar-refractivity contribution >= 4 is 11.7 Å². The topological polar surface area (TPSA) is 85.0 Å². The third-order valence-electron chi connectivity index (χ3n) is 3.06. The average Bonchev–Trinajstić information content (AvgIpc) is 2.86. The molecule has 0 atom stereocenters. The summed E-state index contributed by atoms with van der Waals surface area (Å²) in [6, 6.07) is 11.7. The number of nitrogens with one attached hydrogen (secondary N) is 2. The van der Waals surface area contributed by atoms with E-state index < -0.39 is 0 Å². The highest BCUT2D eigenvalue weighted by Crippen LogP contribution is 2.14. The molecule has 0 saturated heterocycles. The molecule has 0 unspecified atom stereocenters. The summed E-state index contributed by atoms with van der Waals surface area (Å²) in [5.74, 6) is 0.627. The van der Waals surface area contributed by atoms with Crippen molar-refractivity contribution in [1.82, 2.24) is 20.4 Å². The third-order valence-corrected chi connectivity index (χ3v) is 3.06. The smallest absolute Gasteiger partial charge is 0.233 e. The minimum Gasteiger partial charge on any atom is -0.384 e. The Bertz CT molecular complexity index is 579. The number of nitrogens with zero attached hydrogens (tertiary/aromatic N) is 2. The van der Waals surface area contributed by atoms with Crippen LogP contribution >= 0.6 is 0 Å². The first-order valence-electron chi connectivity index (χ1n) is 7.02. The van der Waals surface area contributed by atoms with Crippen molar-refractivity contribution in [2.24, 2.45) is 0 Å². The van der Waals surface area contributed by atoms with E-state index in [-0.39, 0.29) is 5.91 Å². The molecule has 1 aromatic carbocycles. The molecule has 0 aliphatic carbocycles. The van der Waals surface area contributed by atoms with Gasteiger partial charge in [-0.25, -0.2) is 4.68 Å². The van der Waals surface area contributed by atoms with Crippen molar-refractivity contribution in [1.29, 1.82) is 0 Å². The van der Waals surface area contributed by atoms with E-state index in [0.29, 0.717) is 18.9 Å². The molecule has 112 valence electrons. The lowest BCUT2D eigenvalue weighted by Crippen LogP contribution is -2.32. The quantitative estimate of drug-likeness (QED) is 0.655. The highest BCUT2D eigenvalue weighted by Gasteiger charge is 2.06. The summed E-state index contributed by atoms with van der Waals surface area (Å²) in [5.41, 5.74) is 7.87. The predicted octanol–water partition coefficient (Wildman–Crippen LogP) is 0.723. The fraction of sp³-hybridized carbons (Fsp3) is 0.333. The number of hydrogen-bond acceptors (Lipinski definition) is 4. The first-order valence-corrected chi connectivity index (χ1v) is 7.02. The third kappa shape index (κ3) is 4.32.